The maximum atomic E-state index is 6.20. The summed E-state index contributed by atoms with van der Waals surface area (Å²) in [6.45, 7) is 3.11. The number of H-pyrrole nitrogens is 1. The number of nitrogen functional groups attached to an aromatic ring is 1. The lowest BCUT2D eigenvalue weighted by atomic mass is 10.1. The molecule has 4 N–H and O–H groups in total. The number of rotatable bonds is 6. The number of nitrogens with one attached hydrogen (secondary N) is 2. The van der Waals surface area contributed by atoms with E-state index in [-0.39, 0.29) is 0 Å². The number of ether oxygens (including phenoxy) is 2. The first kappa shape index (κ1) is 17.0. The lowest BCUT2D eigenvalue weighted by Gasteiger charge is -2.13. The van der Waals surface area contributed by atoms with Crippen molar-refractivity contribution in [2.24, 2.45) is 0 Å². The van der Waals surface area contributed by atoms with Crippen LogP contribution in [0.2, 0.25) is 0 Å². The van der Waals surface area contributed by atoms with Gasteiger partial charge in [0.2, 0.25) is 11.8 Å². The summed E-state index contributed by atoms with van der Waals surface area (Å²) in [5, 5.41) is 11.4. The average molecular weight is 365 g/mol. The lowest BCUT2D eigenvalue weighted by Crippen LogP contribution is -2.16. The van der Waals surface area contributed by atoms with E-state index in [0.717, 1.165) is 16.5 Å². The largest absolute Gasteiger partial charge is 0.476 e. The molecule has 3 aromatic heterocycles. The van der Waals surface area contributed by atoms with Gasteiger partial charge in [-0.25, -0.2) is 9.97 Å². The number of likely N-dealkylation sites (N-methyl/N-ethyl adjacent to an activating group) is 1. The predicted octanol–water partition coefficient (Wildman–Crippen LogP) is 2.18. The average Bonchev–Trinajstić information content (AvgIpc) is 3.13. The van der Waals surface area contributed by atoms with Gasteiger partial charge in [0.05, 0.1) is 22.6 Å². The van der Waals surface area contributed by atoms with Crippen molar-refractivity contribution in [1.82, 2.24) is 30.5 Å². The van der Waals surface area contributed by atoms with Crippen LogP contribution in [0, 0.1) is 6.92 Å². The Kier molecular flexibility index (Phi) is 4.43. The molecule has 9 heteroatoms. The number of aromatic amines is 1. The first-order valence-electron chi connectivity index (χ1n) is 8.46. The number of benzene rings is 1. The first-order valence-corrected chi connectivity index (χ1v) is 8.46. The van der Waals surface area contributed by atoms with Crippen molar-refractivity contribution in [2.45, 2.75) is 6.92 Å². The highest BCUT2D eigenvalue weighted by molar-refractivity contribution is 5.94. The third-order valence-electron chi connectivity index (χ3n) is 4.16. The number of hydrogen-bond acceptors (Lipinski definition) is 8. The van der Waals surface area contributed by atoms with Gasteiger partial charge in [-0.15, -0.1) is 0 Å². The quantitative estimate of drug-likeness (QED) is 0.444. The van der Waals surface area contributed by atoms with Crippen molar-refractivity contribution in [2.75, 3.05) is 25.9 Å². The smallest absolute Gasteiger partial charge is 0.235 e. The number of anilines is 1. The monoisotopic (exact) mass is 365 g/mol. The number of hydrogen-bond donors (Lipinski definition) is 3. The molecule has 138 valence electrons. The van der Waals surface area contributed by atoms with Gasteiger partial charge in [0.1, 0.15) is 29.9 Å². The molecule has 0 fully saturated rings. The Bertz CT molecular complexity index is 1110. The van der Waals surface area contributed by atoms with Crippen molar-refractivity contribution in [1.29, 1.82) is 0 Å². The SMILES string of the molecule is CNCCOc1cc2ncnc(N)c2c(Oc2c(C)ccc3[nH]ncc23)n1. The van der Waals surface area contributed by atoms with E-state index in [4.69, 9.17) is 15.2 Å². The van der Waals surface area contributed by atoms with E-state index in [2.05, 4.69) is 30.5 Å². The molecule has 0 aliphatic heterocycles. The van der Waals surface area contributed by atoms with Gasteiger partial charge >= 0.3 is 0 Å². The van der Waals surface area contributed by atoms with Crippen LogP contribution in [0.4, 0.5) is 5.82 Å². The van der Waals surface area contributed by atoms with Gasteiger partial charge in [-0.2, -0.15) is 10.1 Å². The van der Waals surface area contributed by atoms with Crippen LogP contribution in [0.1, 0.15) is 5.56 Å². The second-order valence-electron chi connectivity index (χ2n) is 6.02. The van der Waals surface area contributed by atoms with Crippen LogP contribution in [0.5, 0.6) is 17.5 Å². The summed E-state index contributed by atoms with van der Waals surface area (Å²) >= 11 is 0. The maximum Gasteiger partial charge on any atom is 0.235 e. The Labute approximate surface area is 154 Å². The summed E-state index contributed by atoms with van der Waals surface area (Å²) in [7, 11) is 1.86. The number of aromatic nitrogens is 5. The number of nitrogens with zero attached hydrogens (tertiary/aromatic N) is 4. The summed E-state index contributed by atoms with van der Waals surface area (Å²) in [6.07, 6.45) is 3.12. The summed E-state index contributed by atoms with van der Waals surface area (Å²) in [6, 6.07) is 5.62. The van der Waals surface area contributed by atoms with E-state index in [1.165, 1.54) is 6.33 Å². The van der Waals surface area contributed by atoms with Crippen LogP contribution in [-0.2, 0) is 0 Å². The normalized spacial score (nSPS) is 11.2. The molecule has 0 spiro atoms. The molecule has 0 saturated heterocycles. The zero-order chi connectivity index (χ0) is 18.8. The fraction of sp³-hybridized carbons (Fsp3) is 0.222. The summed E-state index contributed by atoms with van der Waals surface area (Å²) < 4.78 is 11.9. The Balaban J connectivity index is 1.83. The second-order valence-corrected chi connectivity index (χ2v) is 6.02. The van der Waals surface area contributed by atoms with E-state index >= 15 is 0 Å². The van der Waals surface area contributed by atoms with Gasteiger partial charge in [0, 0.05) is 12.6 Å². The molecule has 0 bridgehead atoms. The Hall–Kier alpha value is -3.46. The highest BCUT2D eigenvalue weighted by atomic mass is 16.5. The van der Waals surface area contributed by atoms with Gasteiger partial charge < -0.3 is 20.5 Å². The molecule has 0 aliphatic carbocycles. The molecule has 9 nitrogen and oxygen atoms in total. The molecule has 4 aromatic rings. The van der Waals surface area contributed by atoms with Crippen LogP contribution in [0.3, 0.4) is 0 Å². The molecule has 0 radical (unpaired) electrons. The Morgan fingerprint density at radius 2 is 2.15 bits per heavy atom. The molecule has 4 rings (SSSR count). The first-order chi connectivity index (χ1) is 13.2. The number of fused-ring (bicyclic) bond motifs is 2. The second kappa shape index (κ2) is 7.04. The third-order valence-corrected chi connectivity index (χ3v) is 4.16. The topological polar surface area (TPSA) is 124 Å². The molecule has 0 atom stereocenters. The summed E-state index contributed by atoms with van der Waals surface area (Å²) in [5.41, 5.74) is 8.48. The highest BCUT2D eigenvalue weighted by Crippen LogP contribution is 2.37. The van der Waals surface area contributed by atoms with Crippen molar-refractivity contribution < 1.29 is 9.47 Å². The third kappa shape index (κ3) is 3.20. The predicted molar refractivity (Wildman–Crippen MR) is 102 cm³/mol. The number of aryl methyl sites for hydroxylation is 1. The van der Waals surface area contributed by atoms with Gasteiger partial charge in [-0.05, 0) is 25.6 Å². The standard InChI is InChI=1S/C18H19N7O2/c1-10-3-4-12-11(8-23-25-12)16(10)27-18-15-13(21-9-22-17(15)19)7-14(24-18)26-6-5-20-2/h3-4,7-9,20H,5-6H2,1-2H3,(H,23,25)(H2,19,21,22). The molecular formula is C18H19N7O2. The van der Waals surface area contributed by atoms with E-state index in [9.17, 15) is 0 Å². The number of nitrogens with two attached hydrogens (primary N) is 1. The molecule has 1 aromatic carbocycles. The zero-order valence-electron chi connectivity index (χ0n) is 15.0. The van der Waals surface area contributed by atoms with Gasteiger partial charge in [0.15, 0.2) is 0 Å². The summed E-state index contributed by atoms with van der Waals surface area (Å²) in [4.78, 5) is 12.8. The zero-order valence-corrected chi connectivity index (χ0v) is 15.0. The van der Waals surface area contributed by atoms with E-state index in [1.54, 1.807) is 12.3 Å². The number of pyridine rings is 1. The molecule has 0 unspecified atom stereocenters. The minimum absolute atomic E-state index is 0.293. The summed E-state index contributed by atoms with van der Waals surface area (Å²) in [5.74, 6) is 1.64. The van der Waals surface area contributed by atoms with Crippen LogP contribution in [0.25, 0.3) is 21.8 Å². The molecule has 0 amide bonds. The fourth-order valence-electron chi connectivity index (χ4n) is 2.79. The van der Waals surface area contributed by atoms with Gasteiger partial charge in [-0.1, -0.05) is 6.07 Å². The minimum Gasteiger partial charge on any atom is -0.476 e. The van der Waals surface area contributed by atoms with Gasteiger partial charge in [0.25, 0.3) is 0 Å². The molecule has 0 saturated carbocycles. The lowest BCUT2D eigenvalue weighted by molar-refractivity contribution is 0.303. The van der Waals surface area contributed by atoms with Gasteiger partial charge in [-0.3, -0.25) is 5.10 Å². The maximum absolute atomic E-state index is 6.20. The minimum atomic E-state index is 0.293. The van der Waals surface area contributed by atoms with Crippen molar-refractivity contribution in [3.05, 3.63) is 36.3 Å². The molecule has 27 heavy (non-hydrogen) atoms. The molecular weight excluding hydrogens is 346 g/mol. The highest BCUT2D eigenvalue weighted by Gasteiger charge is 2.17. The van der Waals surface area contributed by atoms with E-state index in [1.807, 2.05) is 26.1 Å². The van der Waals surface area contributed by atoms with Crippen molar-refractivity contribution >= 4 is 27.6 Å². The van der Waals surface area contributed by atoms with Crippen LogP contribution in [0.15, 0.2) is 30.7 Å². The van der Waals surface area contributed by atoms with E-state index in [0.29, 0.717) is 47.4 Å². The Morgan fingerprint density at radius 3 is 3.00 bits per heavy atom. The Morgan fingerprint density at radius 1 is 1.26 bits per heavy atom. The van der Waals surface area contributed by atoms with Crippen LogP contribution in [-0.4, -0.2) is 45.3 Å². The van der Waals surface area contributed by atoms with Crippen LogP contribution < -0.4 is 20.5 Å². The molecule has 0 aliphatic rings. The molecule has 3 heterocycles. The van der Waals surface area contributed by atoms with Crippen LogP contribution >= 0.6 is 0 Å². The van der Waals surface area contributed by atoms with E-state index < -0.39 is 0 Å². The van der Waals surface area contributed by atoms with Crippen molar-refractivity contribution in [3.63, 3.8) is 0 Å². The fourth-order valence-corrected chi connectivity index (χ4v) is 2.79. The van der Waals surface area contributed by atoms with Crippen molar-refractivity contribution in [3.8, 4) is 17.5 Å².